The molecule has 1 aromatic heterocycles. The van der Waals surface area contributed by atoms with Gasteiger partial charge < -0.3 is 15.5 Å². The zero-order valence-corrected chi connectivity index (χ0v) is 21.8. The number of alkyl halides is 3. The van der Waals surface area contributed by atoms with Gasteiger partial charge in [0.1, 0.15) is 18.1 Å². The monoisotopic (exact) mass is 535 g/mol. The molecule has 0 radical (unpaired) electrons. The highest BCUT2D eigenvalue weighted by molar-refractivity contribution is 7.16. The van der Waals surface area contributed by atoms with Crippen LogP contribution in [0.3, 0.4) is 0 Å². The maximum atomic E-state index is 13.6. The fourth-order valence-electron chi connectivity index (χ4n) is 5.31. The summed E-state index contributed by atoms with van der Waals surface area (Å²) in [5.74, 6) is -3.79. The second-order valence-corrected chi connectivity index (χ2v) is 12.2. The van der Waals surface area contributed by atoms with Crippen LogP contribution in [-0.2, 0) is 14.4 Å². The number of nitrogens with one attached hydrogen (secondary N) is 2. The lowest BCUT2D eigenvalue weighted by Gasteiger charge is -2.37. The number of nitrogens with zero attached hydrogens (tertiary/aromatic N) is 3. The number of rotatable bonds is 5. The van der Waals surface area contributed by atoms with E-state index < -0.39 is 47.4 Å². The van der Waals surface area contributed by atoms with Crippen LogP contribution in [0.1, 0.15) is 46.2 Å². The number of amides is 3. The van der Waals surface area contributed by atoms with Gasteiger partial charge in [-0.2, -0.15) is 18.4 Å². The predicted octanol–water partition coefficient (Wildman–Crippen LogP) is 3.55. The van der Waals surface area contributed by atoms with Crippen LogP contribution in [0.25, 0.3) is 10.2 Å². The number of likely N-dealkylation sites (tertiary alicyclic amines) is 1. The number of halogens is 3. The van der Waals surface area contributed by atoms with Crippen molar-refractivity contribution in [3.05, 3.63) is 29.3 Å². The lowest BCUT2D eigenvalue weighted by Crippen LogP contribution is -2.60. The van der Waals surface area contributed by atoms with Crippen molar-refractivity contribution in [3.63, 3.8) is 0 Å². The second kappa shape index (κ2) is 8.97. The molecule has 2 N–H and O–H groups in total. The van der Waals surface area contributed by atoms with Gasteiger partial charge in [-0.05, 0) is 40.4 Å². The zero-order valence-electron chi connectivity index (χ0n) is 21.0. The topological polar surface area (TPSA) is 115 Å². The van der Waals surface area contributed by atoms with Gasteiger partial charge >= 0.3 is 12.1 Å². The zero-order chi connectivity index (χ0) is 27.5. The Morgan fingerprint density at radius 2 is 1.89 bits per heavy atom. The number of hydrogen-bond donors (Lipinski definition) is 2. The van der Waals surface area contributed by atoms with E-state index in [0.717, 1.165) is 4.70 Å². The van der Waals surface area contributed by atoms with Crippen LogP contribution < -0.4 is 10.6 Å². The molecule has 2 unspecified atom stereocenters. The van der Waals surface area contributed by atoms with Crippen molar-refractivity contribution in [2.75, 3.05) is 6.54 Å². The Balaban J connectivity index is 1.60. The third-order valence-electron chi connectivity index (χ3n) is 7.51. The molecule has 0 spiro atoms. The van der Waals surface area contributed by atoms with Gasteiger partial charge in [0.15, 0.2) is 0 Å². The van der Waals surface area contributed by atoms with E-state index in [1.807, 2.05) is 25.2 Å². The number of carbonyl (C=O) groups is 3. The van der Waals surface area contributed by atoms with Crippen LogP contribution in [0.5, 0.6) is 0 Å². The van der Waals surface area contributed by atoms with Crippen molar-refractivity contribution in [3.8, 4) is 6.07 Å². The van der Waals surface area contributed by atoms with Crippen molar-refractivity contribution in [2.24, 2.45) is 22.7 Å². The van der Waals surface area contributed by atoms with Crippen LogP contribution in [0, 0.1) is 34.0 Å². The molecular formula is C25H28F3N5O3S. The maximum Gasteiger partial charge on any atom is 0.471 e. The van der Waals surface area contributed by atoms with Crippen molar-refractivity contribution >= 4 is 39.3 Å². The van der Waals surface area contributed by atoms with E-state index in [1.54, 1.807) is 38.4 Å². The van der Waals surface area contributed by atoms with Gasteiger partial charge in [-0.25, -0.2) is 4.98 Å². The summed E-state index contributed by atoms with van der Waals surface area (Å²) in [5, 5.41) is 14.4. The average Bonchev–Trinajstić information content (AvgIpc) is 3.21. The molecular weight excluding hydrogens is 507 g/mol. The van der Waals surface area contributed by atoms with Crippen molar-refractivity contribution < 1.29 is 27.6 Å². The largest absolute Gasteiger partial charge is 0.471 e. The van der Waals surface area contributed by atoms with Gasteiger partial charge in [0.05, 0.1) is 21.8 Å². The Hall–Kier alpha value is -3.20. The molecule has 2 aromatic rings. The number of hydrogen-bond acceptors (Lipinski definition) is 6. The Morgan fingerprint density at radius 1 is 1.22 bits per heavy atom. The minimum atomic E-state index is -5.16. The summed E-state index contributed by atoms with van der Waals surface area (Å²) in [4.78, 5) is 44.4. The third-order valence-corrected chi connectivity index (χ3v) is 8.32. The van der Waals surface area contributed by atoms with Crippen molar-refractivity contribution in [1.29, 1.82) is 5.26 Å². The number of benzene rings is 1. The molecule has 198 valence electrons. The summed E-state index contributed by atoms with van der Waals surface area (Å²) < 4.78 is 39.9. The van der Waals surface area contributed by atoms with E-state index in [4.69, 9.17) is 0 Å². The highest BCUT2D eigenvalue weighted by atomic mass is 32.1. The highest BCUT2D eigenvalue weighted by Crippen LogP contribution is 2.65. The lowest BCUT2D eigenvalue weighted by molar-refractivity contribution is -0.176. The fourth-order valence-corrected chi connectivity index (χ4v) is 5.97. The van der Waals surface area contributed by atoms with Crippen LogP contribution in [0.2, 0.25) is 0 Å². The predicted molar refractivity (Wildman–Crippen MR) is 130 cm³/mol. The van der Waals surface area contributed by atoms with Gasteiger partial charge in [-0.1, -0.05) is 40.7 Å². The SMILES string of the molecule is CC(C)(C)C(NC(=O)C(F)(F)F)C(=O)N1C[C@H]2[C@@H]([C@H]1C(=O)NC(C#N)c1ccc3scnc3c1)C2(C)C. The molecule has 0 bridgehead atoms. The molecule has 8 nitrogen and oxygen atoms in total. The number of fused-ring (bicyclic) bond motifs is 2. The summed E-state index contributed by atoms with van der Waals surface area (Å²) >= 11 is 1.44. The first-order valence-electron chi connectivity index (χ1n) is 11.8. The minimum absolute atomic E-state index is 0.0296. The lowest BCUT2D eigenvalue weighted by atomic mass is 9.85. The van der Waals surface area contributed by atoms with Gasteiger partial charge in [0.2, 0.25) is 11.8 Å². The van der Waals surface area contributed by atoms with Gasteiger partial charge in [-0.3, -0.25) is 14.4 Å². The number of carbonyl (C=O) groups excluding carboxylic acids is 3. The normalized spacial score (nSPS) is 24.1. The third kappa shape index (κ3) is 4.89. The molecule has 37 heavy (non-hydrogen) atoms. The molecule has 2 fully saturated rings. The summed E-state index contributed by atoms with van der Waals surface area (Å²) in [7, 11) is 0. The standard InChI is InChI=1S/C25H28F3N5O3S/c1-23(2,3)19(32-22(36)25(26,27)28)21(35)33-10-13-17(24(13,4)5)18(33)20(34)31-15(9-29)12-6-7-16-14(8-12)30-11-37-16/h6-8,11,13,15,17-19H,10H2,1-5H3,(H,31,34)(H,32,36)/t13-,15?,17-,18-,19?/m0/s1. The van der Waals surface area contributed by atoms with Gasteiger partial charge in [-0.15, -0.1) is 11.3 Å². The molecule has 1 saturated heterocycles. The quantitative estimate of drug-likeness (QED) is 0.608. The van der Waals surface area contributed by atoms with Crippen LogP contribution in [-0.4, -0.2) is 52.4 Å². The smallest absolute Gasteiger partial charge is 0.336 e. The van der Waals surface area contributed by atoms with E-state index in [2.05, 4.69) is 16.4 Å². The average molecular weight is 536 g/mol. The maximum absolute atomic E-state index is 13.6. The molecule has 3 amide bonds. The van der Waals surface area contributed by atoms with Gasteiger partial charge in [0.25, 0.3) is 0 Å². The summed E-state index contributed by atoms with van der Waals surface area (Å²) in [6, 6.07) is 3.81. The van der Waals surface area contributed by atoms with Crippen LogP contribution >= 0.6 is 11.3 Å². The fraction of sp³-hybridized carbons (Fsp3) is 0.560. The first kappa shape index (κ1) is 26.9. The Kier molecular flexibility index (Phi) is 6.51. The van der Waals surface area contributed by atoms with E-state index >= 15 is 0 Å². The highest BCUT2D eigenvalue weighted by Gasteiger charge is 2.70. The number of thiazole rings is 1. The number of piperidine rings is 1. The van der Waals surface area contributed by atoms with E-state index in [1.165, 1.54) is 16.2 Å². The van der Waals surface area contributed by atoms with E-state index in [9.17, 15) is 32.8 Å². The Morgan fingerprint density at radius 3 is 2.49 bits per heavy atom. The first-order chi connectivity index (χ1) is 17.1. The molecule has 5 atom stereocenters. The Labute approximate surface area is 216 Å². The molecule has 1 aliphatic heterocycles. The second-order valence-electron chi connectivity index (χ2n) is 11.3. The minimum Gasteiger partial charge on any atom is -0.336 e. The summed E-state index contributed by atoms with van der Waals surface area (Å²) in [6.45, 7) is 8.74. The van der Waals surface area contributed by atoms with E-state index in [0.29, 0.717) is 11.1 Å². The Bertz CT molecular complexity index is 1290. The molecule has 2 aliphatic rings. The number of nitriles is 1. The molecule has 1 aromatic carbocycles. The summed E-state index contributed by atoms with van der Waals surface area (Å²) in [5.41, 5.74) is 1.58. The number of aromatic nitrogens is 1. The summed E-state index contributed by atoms with van der Waals surface area (Å²) in [6.07, 6.45) is -5.16. The first-order valence-corrected chi connectivity index (χ1v) is 12.7. The van der Waals surface area contributed by atoms with Crippen molar-refractivity contribution in [1.82, 2.24) is 20.5 Å². The molecule has 1 saturated carbocycles. The van der Waals surface area contributed by atoms with E-state index in [-0.39, 0.29) is 23.8 Å². The molecule has 1 aliphatic carbocycles. The van der Waals surface area contributed by atoms with Gasteiger partial charge in [0, 0.05) is 6.54 Å². The van der Waals surface area contributed by atoms with Crippen molar-refractivity contribution in [2.45, 2.75) is 58.9 Å². The van der Waals surface area contributed by atoms with Crippen LogP contribution in [0.4, 0.5) is 13.2 Å². The molecule has 2 heterocycles. The molecule has 4 rings (SSSR count). The van der Waals surface area contributed by atoms with Crippen LogP contribution in [0.15, 0.2) is 23.7 Å². The molecule has 12 heteroatoms.